The molecule has 254 valence electrons. The van der Waals surface area contributed by atoms with Gasteiger partial charge in [-0.15, -0.1) is 0 Å². The first-order valence-corrected chi connectivity index (χ1v) is 19.8. The molecule has 6 aliphatic rings. The average Bonchev–Trinajstić information content (AvgIpc) is 3.94. The first-order chi connectivity index (χ1) is 25.3. The molecule has 0 N–H and O–H groups in total. The molecule has 6 aromatic rings. The monoisotopic (exact) mass is 671 g/mol. The van der Waals surface area contributed by atoms with Gasteiger partial charge in [-0.2, -0.15) is 0 Å². The largest absolute Gasteiger partial charge is 0.310 e. The standard InChI is InChI=1S/C51H45N/c1-50(2)42-17-9-7-13-34(42)36-22-20-31(27-44(36)50)52(32-21-23-37-35-14-8-10-18-43(35)51(3,4)45(37)28-32)46-19-11-16-39-41-26-30-24-29-25-40(47(30)48(29)41)33-12-5-6-15-38(33)49(39)46/h5-23,27-30,40-41,47-48H,24-26H2,1-4H3/t29?,30?,40?,41?,47-,48?/m1/s1. The molecule has 0 radical (unpaired) electrons. The summed E-state index contributed by atoms with van der Waals surface area (Å²) in [4.78, 5) is 2.64. The molecule has 0 saturated heterocycles. The van der Waals surface area contributed by atoms with Crippen LogP contribution in [-0.2, 0) is 10.8 Å². The minimum atomic E-state index is -0.0770. The highest BCUT2D eigenvalue weighted by Crippen LogP contribution is 2.72. The van der Waals surface area contributed by atoms with Crippen molar-refractivity contribution in [3.8, 4) is 33.4 Å². The van der Waals surface area contributed by atoms with Crippen molar-refractivity contribution in [2.24, 2.45) is 23.7 Å². The number of nitrogens with zero attached hydrogens (tertiary/aromatic N) is 1. The minimum absolute atomic E-state index is 0.0770. The Morgan fingerprint density at radius 3 is 1.52 bits per heavy atom. The Morgan fingerprint density at radius 2 is 0.923 bits per heavy atom. The summed E-state index contributed by atoms with van der Waals surface area (Å²) in [6, 6.07) is 49.7. The lowest BCUT2D eigenvalue weighted by atomic mass is 9.75. The topological polar surface area (TPSA) is 3.24 Å². The van der Waals surface area contributed by atoms with Gasteiger partial charge in [0.2, 0.25) is 0 Å². The molecule has 1 heteroatoms. The van der Waals surface area contributed by atoms with Crippen molar-refractivity contribution < 1.29 is 0 Å². The molecule has 0 aromatic heterocycles. The second kappa shape index (κ2) is 9.95. The predicted molar refractivity (Wildman–Crippen MR) is 215 cm³/mol. The second-order valence-corrected chi connectivity index (χ2v) is 18.1. The Hall–Kier alpha value is -4.88. The molecular formula is C51H45N. The number of rotatable bonds is 3. The Labute approximate surface area is 308 Å². The van der Waals surface area contributed by atoms with Crippen molar-refractivity contribution in [1.82, 2.24) is 0 Å². The third kappa shape index (κ3) is 3.60. The predicted octanol–water partition coefficient (Wildman–Crippen LogP) is 13.3. The molecule has 3 saturated carbocycles. The van der Waals surface area contributed by atoms with Gasteiger partial charge in [-0.05, 0) is 146 Å². The van der Waals surface area contributed by atoms with Crippen molar-refractivity contribution in [2.45, 2.75) is 69.6 Å². The summed E-state index contributed by atoms with van der Waals surface area (Å²) in [7, 11) is 0. The van der Waals surface area contributed by atoms with Gasteiger partial charge in [0, 0.05) is 27.8 Å². The fraction of sp³-hybridized carbons (Fsp3) is 0.294. The molecule has 0 amide bonds. The van der Waals surface area contributed by atoms with E-state index in [0.29, 0.717) is 11.8 Å². The Kier molecular flexibility index (Phi) is 5.68. The summed E-state index contributed by atoms with van der Waals surface area (Å²) in [6.45, 7) is 9.64. The summed E-state index contributed by atoms with van der Waals surface area (Å²) in [6.07, 6.45) is 4.21. The number of hydrogen-bond donors (Lipinski definition) is 0. The summed E-state index contributed by atoms with van der Waals surface area (Å²) in [5, 5.41) is 0. The highest BCUT2D eigenvalue weighted by molar-refractivity contribution is 5.94. The Morgan fingerprint density at radius 1 is 0.442 bits per heavy atom. The van der Waals surface area contributed by atoms with Gasteiger partial charge in [0.25, 0.3) is 0 Å². The first-order valence-electron chi connectivity index (χ1n) is 19.8. The van der Waals surface area contributed by atoms with Crippen LogP contribution in [0, 0.1) is 23.7 Å². The molecule has 6 atom stereocenters. The Bertz CT molecular complexity index is 2410. The van der Waals surface area contributed by atoms with Gasteiger partial charge in [0.1, 0.15) is 0 Å². The van der Waals surface area contributed by atoms with E-state index in [1.807, 2.05) is 0 Å². The zero-order valence-electron chi connectivity index (χ0n) is 30.7. The highest BCUT2D eigenvalue weighted by atomic mass is 15.1. The molecule has 6 aliphatic carbocycles. The maximum atomic E-state index is 2.64. The quantitative estimate of drug-likeness (QED) is 0.181. The molecule has 1 nitrogen and oxygen atoms in total. The zero-order chi connectivity index (χ0) is 34.7. The van der Waals surface area contributed by atoms with Crippen LogP contribution in [0.3, 0.4) is 0 Å². The van der Waals surface area contributed by atoms with E-state index in [0.717, 1.165) is 23.7 Å². The minimum Gasteiger partial charge on any atom is -0.310 e. The van der Waals surface area contributed by atoms with Crippen LogP contribution in [0.2, 0.25) is 0 Å². The van der Waals surface area contributed by atoms with Crippen molar-refractivity contribution >= 4 is 17.1 Å². The van der Waals surface area contributed by atoms with Gasteiger partial charge in [0.05, 0.1) is 5.69 Å². The molecular weight excluding hydrogens is 627 g/mol. The van der Waals surface area contributed by atoms with E-state index in [1.165, 1.54) is 92.0 Å². The van der Waals surface area contributed by atoms with E-state index in [2.05, 4.69) is 160 Å². The number of anilines is 3. The Balaban J connectivity index is 1.13. The maximum absolute atomic E-state index is 2.64. The first kappa shape index (κ1) is 29.7. The van der Waals surface area contributed by atoms with Gasteiger partial charge in [-0.1, -0.05) is 125 Å². The van der Waals surface area contributed by atoms with Gasteiger partial charge in [-0.25, -0.2) is 0 Å². The average molecular weight is 672 g/mol. The molecule has 0 heterocycles. The second-order valence-electron chi connectivity index (χ2n) is 18.1. The van der Waals surface area contributed by atoms with Crippen LogP contribution >= 0.6 is 0 Å². The van der Waals surface area contributed by atoms with E-state index in [9.17, 15) is 0 Å². The molecule has 6 aromatic carbocycles. The van der Waals surface area contributed by atoms with Crippen molar-refractivity contribution in [1.29, 1.82) is 0 Å². The summed E-state index contributed by atoms with van der Waals surface area (Å²) in [5.74, 6) is 4.83. The van der Waals surface area contributed by atoms with Gasteiger partial charge < -0.3 is 4.90 Å². The number of fused-ring (bicyclic) bond motifs is 11. The highest BCUT2D eigenvalue weighted by Gasteiger charge is 2.62. The van der Waals surface area contributed by atoms with Gasteiger partial charge in [0.15, 0.2) is 0 Å². The summed E-state index contributed by atoms with van der Waals surface area (Å²) < 4.78 is 0. The molecule has 3 fully saturated rings. The van der Waals surface area contributed by atoms with Crippen LogP contribution in [0.15, 0.2) is 127 Å². The number of benzene rings is 6. The van der Waals surface area contributed by atoms with Crippen LogP contribution in [-0.4, -0.2) is 0 Å². The van der Waals surface area contributed by atoms with Crippen LogP contribution in [0.1, 0.15) is 92.2 Å². The third-order valence-electron chi connectivity index (χ3n) is 15.2. The van der Waals surface area contributed by atoms with Gasteiger partial charge in [-0.3, -0.25) is 0 Å². The molecule has 6 bridgehead atoms. The molecule has 0 spiro atoms. The molecule has 0 aliphatic heterocycles. The zero-order valence-corrected chi connectivity index (χ0v) is 30.7. The maximum Gasteiger partial charge on any atom is 0.0543 e. The third-order valence-corrected chi connectivity index (χ3v) is 15.2. The molecule has 52 heavy (non-hydrogen) atoms. The van der Waals surface area contributed by atoms with E-state index in [-0.39, 0.29) is 10.8 Å². The fourth-order valence-corrected chi connectivity index (χ4v) is 13.2. The van der Waals surface area contributed by atoms with Crippen molar-refractivity contribution in [3.63, 3.8) is 0 Å². The van der Waals surface area contributed by atoms with E-state index in [4.69, 9.17) is 0 Å². The van der Waals surface area contributed by atoms with Crippen LogP contribution in [0.25, 0.3) is 33.4 Å². The molecule has 12 rings (SSSR count). The van der Waals surface area contributed by atoms with E-state index >= 15 is 0 Å². The smallest absolute Gasteiger partial charge is 0.0543 e. The lowest BCUT2D eigenvalue weighted by Crippen LogP contribution is -2.20. The normalized spacial score (nSPS) is 26.5. The SMILES string of the molecule is CC1(C)c2ccccc2-c2ccc(N(c3ccc4c(c3)C(C)(C)c3ccccc3-4)c3cccc4c3-c3ccccc3C3CC5CC6CC4C5[C@H]63)cc21. The van der Waals surface area contributed by atoms with E-state index in [1.54, 1.807) is 11.1 Å². The lowest BCUT2D eigenvalue weighted by Gasteiger charge is -2.35. The van der Waals surface area contributed by atoms with E-state index < -0.39 is 0 Å². The van der Waals surface area contributed by atoms with Crippen molar-refractivity contribution in [2.75, 3.05) is 4.90 Å². The number of hydrogen-bond acceptors (Lipinski definition) is 1. The molecule has 5 unspecified atom stereocenters. The van der Waals surface area contributed by atoms with Crippen LogP contribution in [0.4, 0.5) is 17.1 Å². The summed E-state index contributed by atoms with van der Waals surface area (Å²) in [5.41, 5.74) is 21.0. The van der Waals surface area contributed by atoms with Crippen molar-refractivity contribution in [3.05, 3.63) is 161 Å². The van der Waals surface area contributed by atoms with Crippen LogP contribution < -0.4 is 4.90 Å². The fourth-order valence-electron chi connectivity index (χ4n) is 13.2. The van der Waals surface area contributed by atoms with Gasteiger partial charge >= 0.3 is 0 Å². The lowest BCUT2D eigenvalue weighted by molar-refractivity contribution is 0.277. The van der Waals surface area contributed by atoms with Crippen LogP contribution in [0.5, 0.6) is 0 Å². The summed E-state index contributed by atoms with van der Waals surface area (Å²) >= 11 is 0.